The molecule has 0 bridgehead atoms. The topological polar surface area (TPSA) is 69.0 Å². The van der Waals surface area contributed by atoms with E-state index in [0.717, 1.165) is 29.8 Å². The molecule has 1 atom stereocenters. The summed E-state index contributed by atoms with van der Waals surface area (Å²) in [5, 5.41) is 7.81. The second-order valence-corrected chi connectivity index (χ2v) is 11.2. The summed E-state index contributed by atoms with van der Waals surface area (Å²) in [6.07, 6.45) is 5.62. The van der Waals surface area contributed by atoms with E-state index in [0.29, 0.717) is 5.82 Å². The van der Waals surface area contributed by atoms with Crippen LogP contribution in [0, 0.1) is 0 Å². The number of aromatic nitrogens is 3. The zero-order valence-corrected chi connectivity index (χ0v) is 21.6. The van der Waals surface area contributed by atoms with Crippen molar-refractivity contribution in [2.75, 3.05) is 5.32 Å². The molecule has 4 rings (SSSR count). The van der Waals surface area contributed by atoms with Crippen LogP contribution in [-0.4, -0.2) is 20.9 Å². The van der Waals surface area contributed by atoms with Crippen LogP contribution < -0.4 is 5.32 Å². The van der Waals surface area contributed by atoms with Crippen LogP contribution >= 0.6 is 0 Å². The molecule has 0 fully saturated rings. The van der Waals surface area contributed by atoms with Gasteiger partial charge >= 0.3 is 6.09 Å². The van der Waals surface area contributed by atoms with Gasteiger partial charge in [0.1, 0.15) is 12.4 Å². The summed E-state index contributed by atoms with van der Waals surface area (Å²) in [7, 11) is 0. The zero-order valence-electron chi connectivity index (χ0n) is 21.6. The molecule has 0 radical (unpaired) electrons. The number of nitrogens with zero attached hydrogens (tertiary/aromatic N) is 3. The highest BCUT2D eigenvalue weighted by atomic mass is 16.5. The molecule has 0 aliphatic heterocycles. The third kappa shape index (κ3) is 5.99. The van der Waals surface area contributed by atoms with Crippen molar-refractivity contribution >= 4 is 17.5 Å². The molecular formula is C29H36N4O2. The number of hydrogen-bond donors (Lipinski definition) is 1. The number of anilines is 1. The summed E-state index contributed by atoms with van der Waals surface area (Å²) in [5.74, 6) is 0.815. The number of allylic oxidation sites excluding steroid dienone is 2. The van der Waals surface area contributed by atoms with Gasteiger partial charge < -0.3 is 4.74 Å². The van der Waals surface area contributed by atoms with Gasteiger partial charge in [0.25, 0.3) is 0 Å². The number of benzene rings is 1. The molecule has 1 aromatic carbocycles. The summed E-state index contributed by atoms with van der Waals surface area (Å²) in [6, 6.07) is 15.9. The molecule has 1 aliphatic carbocycles. The maximum absolute atomic E-state index is 12.6. The Kier molecular flexibility index (Phi) is 6.84. The Morgan fingerprint density at radius 1 is 1.09 bits per heavy atom. The first-order valence-corrected chi connectivity index (χ1v) is 12.3. The largest absolute Gasteiger partial charge is 0.444 e. The molecule has 1 aliphatic rings. The van der Waals surface area contributed by atoms with Crippen molar-refractivity contribution in [2.45, 2.75) is 77.9 Å². The Morgan fingerprint density at radius 2 is 1.83 bits per heavy atom. The average molecular weight is 473 g/mol. The van der Waals surface area contributed by atoms with Gasteiger partial charge in [-0.05, 0) is 67.9 Å². The van der Waals surface area contributed by atoms with Gasteiger partial charge in [-0.15, -0.1) is 0 Å². The van der Waals surface area contributed by atoms with Crippen molar-refractivity contribution in [2.24, 2.45) is 0 Å². The van der Waals surface area contributed by atoms with E-state index < -0.39 is 6.09 Å². The van der Waals surface area contributed by atoms with Gasteiger partial charge in [0.2, 0.25) is 0 Å². The molecule has 0 spiro atoms. The molecule has 6 heteroatoms. The molecular weight excluding hydrogens is 436 g/mol. The summed E-state index contributed by atoms with van der Waals surface area (Å²) in [6.45, 7) is 13.1. The number of carbonyl (C=O) groups is 1. The molecule has 1 amide bonds. The van der Waals surface area contributed by atoms with E-state index in [-0.39, 0.29) is 23.5 Å². The molecule has 2 heterocycles. The van der Waals surface area contributed by atoms with Gasteiger partial charge in [0.15, 0.2) is 0 Å². The highest BCUT2D eigenvalue weighted by molar-refractivity contribution is 5.83. The Balaban J connectivity index is 1.53. The highest BCUT2D eigenvalue weighted by Gasteiger charge is 2.27. The number of carbonyl (C=O) groups excluding carboxylic acids is 1. The molecule has 0 saturated heterocycles. The fraction of sp³-hybridized carbons (Fsp3) is 0.414. The summed E-state index contributed by atoms with van der Waals surface area (Å²) in [4.78, 5) is 17.2. The zero-order chi connectivity index (χ0) is 25.2. The van der Waals surface area contributed by atoms with Crippen LogP contribution in [0.1, 0.15) is 82.8 Å². The minimum atomic E-state index is -0.489. The van der Waals surface area contributed by atoms with Crippen LogP contribution in [0.2, 0.25) is 0 Å². The average Bonchev–Trinajstić information content (AvgIpc) is 3.45. The molecule has 6 nitrogen and oxygen atoms in total. The first-order valence-electron chi connectivity index (χ1n) is 12.3. The fourth-order valence-electron chi connectivity index (χ4n) is 4.28. The van der Waals surface area contributed by atoms with E-state index in [1.165, 1.54) is 11.1 Å². The Bertz CT molecular complexity index is 1210. The standard InChI is InChI=1S/C29H36N4O2/c1-28(2,3)23-14-15-30-24(17-23)21-12-13-22(16-21)25-18-26(33(32-25)29(4,5)6)31-27(34)35-19-20-10-8-7-9-11-20/h7-11,14-18,22H,12-13,19H2,1-6H3,(H,31,34). The van der Waals surface area contributed by atoms with Crippen molar-refractivity contribution in [1.29, 1.82) is 0 Å². The molecule has 184 valence electrons. The molecule has 3 aromatic rings. The minimum Gasteiger partial charge on any atom is -0.444 e. The second kappa shape index (κ2) is 9.68. The second-order valence-electron chi connectivity index (χ2n) is 11.2. The minimum absolute atomic E-state index is 0.0808. The van der Waals surface area contributed by atoms with E-state index in [9.17, 15) is 4.79 Å². The fourth-order valence-corrected chi connectivity index (χ4v) is 4.28. The van der Waals surface area contributed by atoms with E-state index >= 15 is 0 Å². The predicted molar refractivity (Wildman–Crippen MR) is 140 cm³/mol. The smallest absolute Gasteiger partial charge is 0.413 e. The SMILES string of the molecule is CC(C)(C)c1ccnc(C2=CC(c3cc(NC(=O)OCc4ccccc4)n(C(C)(C)C)n3)CC2)c1. The van der Waals surface area contributed by atoms with Crippen molar-refractivity contribution in [1.82, 2.24) is 14.8 Å². The van der Waals surface area contributed by atoms with E-state index in [2.05, 4.69) is 70.1 Å². The number of nitrogens with one attached hydrogen (secondary N) is 1. The number of amides is 1. The Labute approximate surface area is 208 Å². The van der Waals surface area contributed by atoms with Gasteiger partial charge in [-0.25, -0.2) is 9.48 Å². The Morgan fingerprint density at radius 3 is 2.51 bits per heavy atom. The van der Waals surface area contributed by atoms with Gasteiger partial charge in [-0.1, -0.05) is 57.2 Å². The van der Waals surface area contributed by atoms with Crippen LogP contribution in [0.4, 0.5) is 10.6 Å². The molecule has 2 aromatic heterocycles. The third-order valence-corrected chi connectivity index (χ3v) is 6.27. The first kappa shape index (κ1) is 24.7. The monoisotopic (exact) mass is 472 g/mol. The van der Waals surface area contributed by atoms with Gasteiger partial charge in [0, 0.05) is 18.2 Å². The lowest BCUT2D eigenvalue weighted by Crippen LogP contribution is -2.27. The van der Waals surface area contributed by atoms with Crippen molar-refractivity contribution < 1.29 is 9.53 Å². The Hall–Kier alpha value is -3.41. The first-order chi connectivity index (χ1) is 16.5. The van der Waals surface area contributed by atoms with Crippen molar-refractivity contribution in [3.8, 4) is 0 Å². The summed E-state index contributed by atoms with van der Waals surface area (Å²) < 4.78 is 7.31. The van der Waals surface area contributed by atoms with E-state index in [1.54, 1.807) is 0 Å². The van der Waals surface area contributed by atoms with Crippen LogP contribution in [-0.2, 0) is 22.3 Å². The van der Waals surface area contributed by atoms with Crippen LogP contribution in [0.5, 0.6) is 0 Å². The highest BCUT2D eigenvalue weighted by Crippen LogP contribution is 2.38. The van der Waals surface area contributed by atoms with Crippen LogP contribution in [0.25, 0.3) is 5.57 Å². The number of rotatable bonds is 5. The predicted octanol–water partition coefficient (Wildman–Crippen LogP) is 7.04. The molecule has 0 saturated carbocycles. The van der Waals surface area contributed by atoms with E-state index in [1.807, 2.05) is 47.3 Å². The number of hydrogen-bond acceptors (Lipinski definition) is 4. The lowest BCUT2D eigenvalue weighted by atomic mass is 9.87. The summed E-state index contributed by atoms with van der Waals surface area (Å²) in [5.41, 5.74) is 5.25. The number of ether oxygens (including phenoxy) is 1. The van der Waals surface area contributed by atoms with Crippen molar-refractivity contribution in [3.63, 3.8) is 0 Å². The normalized spacial score (nSPS) is 16.2. The maximum Gasteiger partial charge on any atom is 0.413 e. The maximum atomic E-state index is 12.6. The van der Waals surface area contributed by atoms with Gasteiger partial charge in [0.05, 0.1) is 16.9 Å². The third-order valence-electron chi connectivity index (χ3n) is 6.27. The van der Waals surface area contributed by atoms with Gasteiger partial charge in [-0.2, -0.15) is 5.10 Å². The molecule has 35 heavy (non-hydrogen) atoms. The number of pyridine rings is 1. The quantitative estimate of drug-likeness (QED) is 0.432. The summed E-state index contributed by atoms with van der Waals surface area (Å²) >= 11 is 0. The lowest BCUT2D eigenvalue weighted by molar-refractivity contribution is 0.154. The van der Waals surface area contributed by atoms with Crippen LogP contribution in [0.3, 0.4) is 0 Å². The molecule has 1 unspecified atom stereocenters. The van der Waals surface area contributed by atoms with Crippen LogP contribution in [0.15, 0.2) is 60.8 Å². The molecule has 1 N–H and O–H groups in total. The lowest BCUT2D eigenvalue weighted by Gasteiger charge is -2.22. The van der Waals surface area contributed by atoms with Crippen molar-refractivity contribution in [3.05, 3.63) is 83.3 Å². The van der Waals surface area contributed by atoms with Gasteiger partial charge in [-0.3, -0.25) is 10.3 Å². The van der Waals surface area contributed by atoms with E-state index in [4.69, 9.17) is 9.84 Å².